The standard InChI is InChI=1S/C17H19NO/c1-18-12-11-16(18)14-9-5-6-10-15(14)17(19)13-7-3-2-4-8-13/h2-10,16-17,19H,11-12H2,1H3. The van der Waals surface area contributed by atoms with Crippen molar-refractivity contribution in [2.24, 2.45) is 0 Å². The summed E-state index contributed by atoms with van der Waals surface area (Å²) < 4.78 is 0. The number of likely N-dealkylation sites (tertiary alicyclic amines) is 1. The summed E-state index contributed by atoms with van der Waals surface area (Å²) in [6.45, 7) is 1.14. The van der Waals surface area contributed by atoms with Gasteiger partial charge in [-0.1, -0.05) is 54.6 Å². The lowest BCUT2D eigenvalue weighted by Crippen LogP contribution is -2.38. The third kappa shape index (κ3) is 2.29. The first-order chi connectivity index (χ1) is 9.27. The molecule has 2 unspecified atom stereocenters. The third-order valence-corrected chi connectivity index (χ3v) is 4.05. The van der Waals surface area contributed by atoms with E-state index in [9.17, 15) is 5.11 Å². The van der Waals surface area contributed by atoms with Gasteiger partial charge in [0.1, 0.15) is 6.10 Å². The Labute approximate surface area is 114 Å². The van der Waals surface area contributed by atoms with E-state index < -0.39 is 6.10 Å². The van der Waals surface area contributed by atoms with Crippen molar-refractivity contribution >= 4 is 0 Å². The number of hydrogen-bond acceptors (Lipinski definition) is 2. The van der Waals surface area contributed by atoms with Gasteiger partial charge in [-0.25, -0.2) is 0 Å². The van der Waals surface area contributed by atoms with Crippen molar-refractivity contribution in [1.82, 2.24) is 4.90 Å². The highest BCUT2D eigenvalue weighted by Crippen LogP contribution is 2.36. The number of benzene rings is 2. The number of hydrogen-bond donors (Lipinski definition) is 1. The van der Waals surface area contributed by atoms with Crippen LogP contribution in [0.15, 0.2) is 54.6 Å². The van der Waals surface area contributed by atoms with E-state index in [1.165, 1.54) is 12.0 Å². The molecule has 1 aliphatic heterocycles. The molecule has 1 fully saturated rings. The van der Waals surface area contributed by atoms with Crippen molar-refractivity contribution in [1.29, 1.82) is 0 Å². The fourth-order valence-corrected chi connectivity index (χ4v) is 2.79. The van der Waals surface area contributed by atoms with Crippen LogP contribution in [0.2, 0.25) is 0 Å². The summed E-state index contributed by atoms with van der Waals surface area (Å²) in [5, 5.41) is 10.6. The fourth-order valence-electron chi connectivity index (χ4n) is 2.79. The summed E-state index contributed by atoms with van der Waals surface area (Å²) in [5.41, 5.74) is 3.25. The number of nitrogens with zero attached hydrogens (tertiary/aromatic N) is 1. The summed E-state index contributed by atoms with van der Waals surface area (Å²) in [6, 6.07) is 18.6. The minimum Gasteiger partial charge on any atom is -0.384 e. The molecule has 1 saturated heterocycles. The normalized spacial score (nSPS) is 20.8. The topological polar surface area (TPSA) is 23.5 Å². The summed E-state index contributed by atoms with van der Waals surface area (Å²) in [5.74, 6) is 0. The maximum absolute atomic E-state index is 10.6. The molecule has 0 amide bonds. The van der Waals surface area contributed by atoms with Crippen molar-refractivity contribution in [3.63, 3.8) is 0 Å². The first-order valence-corrected chi connectivity index (χ1v) is 6.79. The zero-order chi connectivity index (χ0) is 13.2. The smallest absolute Gasteiger partial charge is 0.104 e. The minimum atomic E-state index is -0.536. The van der Waals surface area contributed by atoms with E-state index >= 15 is 0 Å². The lowest BCUT2D eigenvalue weighted by Gasteiger charge is -2.39. The van der Waals surface area contributed by atoms with Crippen molar-refractivity contribution in [3.8, 4) is 0 Å². The second-order valence-electron chi connectivity index (χ2n) is 5.23. The Morgan fingerprint density at radius 3 is 2.37 bits per heavy atom. The highest BCUT2D eigenvalue weighted by atomic mass is 16.3. The third-order valence-electron chi connectivity index (χ3n) is 4.05. The van der Waals surface area contributed by atoms with E-state index in [0.717, 1.165) is 17.7 Å². The molecule has 2 aromatic rings. The molecule has 2 atom stereocenters. The van der Waals surface area contributed by atoms with Crippen LogP contribution in [0.3, 0.4) is 0 Å². The van der Waals surface area contributed by atoms with Gasteiger partial charge in [0.25, 0.3) is 0 Å². The van der Waals surface area contributed by atoms with E-state index in [0.29, 0.717) is 6.04 Å². The van der Waals surface area contributed by atoms with Gasteiger partial charge < -0.3 is 5.11 Å². The van der Waals surface area contributed by atoms with Crippen LogP contribution in [0.1, 0.15) is 35.3 Å². The Hall–Kier alpha value is -1.64. The first-order valence-electron chi connectivity index (χ1n) is 6.79. The SMILES string of the molecule is CN1CCC1c1ccccc1C(O)c1ccccc1. The summed E-state index contributed by atoms with van der Waals surface area (Å²) >= 11 is 0. The predicted molar refractivity (Wildman–Crippen MR) is 76.9 cm³/mol. The number of aliphatic hydroxyl groups is 1. The Balaban J connectivity index is 1.96. The van der Waals surface area contributed by atoms with Crippen LogP contribution in [0.5, 0.6) is 0 Å². The minimum absolute atomic E-state index is 0.453. The summed E-state index contributed by atoms with van der Waals surface area (Å²) in [4.78, 5) is 2.33. The molecule has 0 spiro atoms. The average Bonchev–Trinajstić information content (AvgIpc) is 2.46. The van der Waals surface area contributed by atoms with E-state index in [2.05, 4.69) is 24.1 Å². The van der Waals surface area contributed by atoms with Crippen LogP contribution in [-0.2, 0) is 0 Å². The quantitative estimate of drug-likeness (QED) is 0.908. The Kier molecular flexibility index (Phi) is 3.36. The van der Waals surface area contributed by atoms with Crippen LogP contribution < -0.4 is 0 Å². The number of rotatable bonds is 3. The van der Waals surface area contributed by atoms with Crippen LogP contribution >= 0.6 is 0 Å². The van der Waals surface area contributed by atoms with E-state index in [1.807, 2.05) is 42.5 Å². The molecule has 3 rings (SSSR count). The summed E-state index contributed by atoms with van der Waals surface area (Å²) in [7, 11) is 2.14. The van der Waals surface area contributed by atoms with Crippen LogP contribution in [-0.4, -0.2) is 23.6 Å². The van der Waals surface area contributed by atoms with Gasteiger partial charge in [-0.3, -0.25) is 4.90 Å². The Morgan fingerprint density at radius 1 is 1.05 bits per heavy atom. The second kappa shape index (κ2) is 5.16. The fraction of sp³-hybridized carbons (Fsp3) is 0.294. The van der Waals surface area contributed by atoms with Crippen LogP contribution in [0.4, 0.5) is 0 Å². The molecule has 0 bridgehead atoms. The monoisotopic (exact) mass is 253 g/mol. The van der Waals surface area contributed by atoms with Gasteiger partial charge in [-0.15, -0.1) is 0 Å². The van der Waals surface area contributed by atoms with Gasteiger partial charge >= 0.3 is 0 Å². The Morgan fingerprint density at radius 2 is 1.74 bits per heavy atom. The highest BCUT2D eigenvalue weighted by Gasteiger charge is 2.29. The molecular weight excluding hydrogens is 234 g/mol. The molecule has 1 heterocycles. The molecule has 1 aliphatic rings. The molecule has 0 aromatic heterocycles. The van der Waals surface area contributed by atoms with Crippen LogP contribution in [0, 0.1) is 0 Å². The zero-order valence-corrected chi connectivity index (χ0v) is 11.2. The molecule has 0 radical (unpaired) electrons. The van der Waals surface area contributed by atoms with Crippen molar-refractivity contribution in [2.45, 2.75) is 18.6 Å². The average molecular weight is 253 g/mol. The maximum Gasteiger partial charge on any atom is 0.104 e. The van der Waals surface area contributed by atoms with Crippen molar-refractivity contribution < 1.29 is 5.11 Å². The second-order valence-corrected chi connectivity index (χ2v) is 5.23. The lowest BCUT2D eigenvalue weighted by molar-refractivity contribution is 0.123. The molecule has 98 valence electrons. The molecule has 2 heteroatoms. The molecular formula is C17H19NO. The number of aliphatic hydroxyl groups excluding tert-OH is 1. The zero-order valence-electron chi connectivity index (χ0n) is 11.2. The molecule has 0 saturated carbocycles. The molecule has 0 aliphatic carbocycles. The van der Waals surface area contributed by atoms with E-state index in [1.54, 1.807) is 0 Å². The highest BCUT2D eigenvalue weighted by molar-refractivity contribution is 5.38. The van der Waals surface area contributed by atoms with E-state index in [-0.39, 0.29) is 0 Å². The first kappa shape index (κ1) is 12.4. The predicted octanol–water partition coefficient (Wildman–Crippen LogP) is 3.14. The molecule has 1 N–H and O–H groups in total. The summed E-state index contributed by atoms with van der Waals surface area (Å²) in [6.07, 6.45) is 0.640. The lowest BCUT2D eigenvalue weighted by atomic mass is 9.88. The maximum atomic E-state index is 10.6. The Bertz CT molecular complexity index is 552. The van der Waals surface area contributed by atoms with Crippen LogP contribution in [0.25, 0.3) is 0 Å². The van der Waals surface area contributed by atoms with Crippen molar-refractivity contribution in [2.75, 3.05) is 13.6 Å². The molecule has 2 nitrogen and oxygen atoms in total. The van der Waals surface area contributed by atoms with Crippen molar-refractivity contribution in [3.05, 3.63) is 71.3 Å². The molecule has 19 heavy (non-hydrogen) atoms. The van der Waals surface area contributed by atoms with Gasteiger partial charge in [0.2, 0.25) is 0 Å². The van der Waals surface area contributed by atoms with Gasteiger partial charge in [0.05, 0.1) is 0 Å². The van der Waals surface area contributed by atoms with Gasteiger partial charge in [0, 0.05) is 12.6 Å². The van der Waals surface area contributed by atoms with E-state index in [4.69, 9.17) is 0 Å². The molecule has 2 aromatic carbocycles. The van der Waals surface area contributed by atoms with Gasteiger partial charge in [-0.05, 0) is 30.2 Å². The largest absolute Gasteiger partial charge is 0.384 e. The van der Waals surface area contributed by atoms with Gasteiger partial charge in [0.15, 0.2) is 0 Å². The van der Waals surface area contributed by atoms with Gasteiger partial charge in [-0.2, -0.15) is 0 Å².